The van der Waals surface area contributed by atoms with Crippen molar-refractivity contribution in [2.24, 2.45) is 0 Å². The van der Waals surface area contributed by atoms with Crippen molar-refractivity contribution >= 4 is 11.7 Å². The van der Waals surface area contributed by atoms with E-state index in [9.17, 15) is 27.9 Å². The SMILES string of the molecule is Cc1cc(C(=O)NC(C)c2cnc(OCC(F)(F)F)c(C)c2)cc(CC(=O)C(C)(C)O)n1. The summed E-state index contributed by atoms with van der Waals surface area (Å²) in [5, 5.41) is 12.6. The first-order valence-electron chi connectivity index (χ1n) is 9.86. The van der Waals surface area contributed by atoms with Gasteiger partial charge in [0, 0.05) is 28.7 Å². The molecule has 0 fully saturated rings. The number of aliphatic hydroxyl groups is 1. The van der Waals surface area contributed by atoms with Crippen molar-refractivity contribution in [2.75, 3.05) is 6.61 Å². The van der Waals surface area contributed by atoms with Gasteiger partial charge in [-0.1, -0.05) is 0 Å². The lowest BCUT2D eigenvalue weighted by Crippen LogP contribution is -2.33. The molecule has 32 heavy (non-hydrogen) atoms. The van der Waals surface area contributed by atoms with Gasteiger partial charge in [-0.3, -0.25) is 14.6 Å². The smallest absolute Gasteiger partial charge is 0.422 e. The Bertz CT molecular complexity index is 1000. The Labute approximate surface area is 184 Å². The highest BCUT2D eigenvalue weighted by molar-refractivity contribution is 5.95. The maximum Gasteiger partial charge on any atom is 0.422 e. The molecule has 174 valence electrons. The number of halogens is 3. The van der Waals surface area contributed by atoms with Crippen LogP contribution >= 0.6 is 0 Å². The molecule has 7 nitrogen and oxygen atoms in total. The minimum atomic E-state index is -4.47. The van der Waals surface area contributed by atoms with Crippen LogP contribution in [0.3, 0.4) is 0 Å². The number of pyridine rings is 2. The van der Waals surface area contributed by atoms with Crippen LogP contribution in [0.25, 0.3) is 0 Å². The molecule has 0 aliphatic rings. The Morgan fingerprint density at radius 2 is 1.84 bits per heavy atom. The van der Waals surface area contributed by atoms with E-state index in [2.05, 4.69) is 15.3 Å². The second kappa shape index (κ2) is 9.64. The lowest BCUT2D eigenvalue weighted by Gasteiger charge is -2.17. The van der Waals surface area contributed by atoms with Gasteiger partial charge < -0.3 is 15.2 Å². The average Bonchev–Trinajstić information content (AvgIpc) is 2.64. The number of hydrogen-bond acceptors (Lipinski definition) is 6. The topological polar surface area (TPSA) is 101 Å². The van der Waals surface area contributed by atoms with Crippen LogP contribution in [0.15, 0.2) is 24.4 Å². The van der Waals surface area contributed by atoms with Gasteiger partial charge in [-0.15, -0.1) is 0 Å². The number of carbonyl (C=O) groups is 2. The minimum Gasteiger partial charge on any atom is -0.468 e. The number of aromatic nitrogens is 2. The fourth-order valence-electron chi connectivity index (χ4n) is 2.83. The molecular weight excluding hydrogens is 427 g/mol. The zero-order valence-corrected chi connectivity index (χ0v) is 18.5. The molecule has 0 bridgehead atoms. The molecule has 0 aliphatic heterocycles. The van der Waals surface area contributed by atoms with Crippen LogP contribution in [0, 0.1) is 13.8 Å². The Kier molecular flexibility index (Phi) is 7.61. The van der Waals surface area contributed by atoms with Crippen molar-refractivity contribution in [3.63, 3.8) is 0 Å². The highest BCUT2D eigenvalue weighted by atomic mass is 19.4. The normalized spacial score (nSPS) is 12.9. The van der Waals surface area contributed by atoms with E-state index in [0.717, 1.165) is 0 Å². The number of alkyl halides is 3. The summed E-state index contributed by atoms with van der Waals surface area (Å²) in [4.78, 5) is 33.0. The molecule has 0 saturated carbocycles. The van der Waals surface area contributed by atoms with E-state index in [1.54, 1.807) is 32.9 Å². The first-order valence-corrected chi connectivity index (χ1v) is 9.86. The van der Waals surface area contributed by atoms with Crippen molar-refractivity contribution in [2.45, 2.75) is 58.9 Å². The fourth-order valence-corrected chi connectivity index (χ4v) is 2.83. The number of rotatable bonds is 8. The average molecular weight is 453 g/mol. The Morgan fingerprint density at radius 1 is 1.19 bits per heavy atom. The molecular formula is C22H26F3N3O4. The second-order valence-electron chi connectivity index (χ2n) is 8.14. The summed E-state index contributed by atoms with van der Waals surface area (Å²) in [6.07, 6.45) is -3.24. The van der Waals surface area contributed by atoms with Crippen LogP contribution in [-0.4, -0.2) is 45.1 Å². The number of nitrogens with zero attached hydrogens (tertiary/aromatic N) is 2. The van der Waals surface area contributed by atoms with E-state index < -0.39 is 36.1 Å². The first-order chi connectivity index (χ1) is 14.7. The standard InChI is InChI=1S/C22H26F3N3O4/c1-12-6-16(10-26-20(12)32-11-22(23,24)25)14(3)28-19(30)15-7-13(2)27-17(8-15)9-18(29)21(4,5)31/h6-8,10,14,31H,9,11H2,1-5H3,(H,28,30). The highest BCUT2D eigenvalue weighted by Crippen LogP contribution is 2.23. The Morgan fingerprint density at radius 3 is 2.41 bits per heavy atom. The molecule has 2 heterocycles. The van der Waals surface area contributed by atoms with Crippen molar-refractivity contribution in [1.29, 1.82) is 0 Å². The predicted octanol–water partition coefficient (Wildman–Crippen LogP) is 3.41. The van der Waals surface area contributed by atoms with Crippen LogP contribution in [0.4, 0.5) is 13.2 Å². The number of hydrogen-bond donors (Lipinski definition) is 2. The molecule has 0 aromatic carbocycles. The molecule has 2 rings (SSSR count). The summed E-state index contributed by atoms with van der Waals surface area (Å²) in [5.74, 6) is -0.977. The third-order valence-electron chi connectivity index (χ3n) is 4.56. The Balaban J connectivity index is 2.12. The number of carbonyl (C=O) groups excluding carboxylic acids is 2. The van der Waals surface area contributed by atoms with Crippen LogP contribution in [0.1, 0.15) is 59.7 Å². The monoisotopic (exact) mass is 453 g/mol. The molecule has 0 saturated heterocycles. The van der Waals surface area contributed by atoms with Crippen molar-refractivity contribution < 1.29 is 32.6 Å². The summed E-state index contributed by atoms with van der Waals surface area (Å²) < 4.78 is 41.7. The maximum absolute atomic E-state index is 12.7. The van der Waals surface area contributed by atoms with Crippen LogP contribution < -0.4 is 10.1 Å². The molecule has 0 aliphatic carbocycles. The highest BCUT2D eigenvalue weighted by Gasteiger charge is 2.29. The molecule has 1 atom stereocenters. The summed E-state index contributed by atoms with van der Waals surface area (Å²) in [6.45, 7) is 6.29. The van der Waals surface area contributed by atoms with Gasteiger partial charge in [0.1, 0.15) is 5.60 Å². The van der Waals surface area contributed by atoms with Gasteiger partial charge in [0.25, 0.3) is 5.91 Å². The van der Waals surface area contributed by atoms with Crippen molar-refractivity contribution in [1.82, 2.24) is 15.3 Å². The molecule has 2 N–H and O–H groups in total. The third kappa shape index (κ3) is 7.30. The van der Waals surface area contributed by atoms with Crippen molar-refractivity contribution in [3.8, 4) is 5.88 Å². The van der Waals surface area contributed by atoms with E-state index in [4.69, 9.17) is 4.74 Å². The van der Waals surface area contributed by atoms with Crippen LogP contribution in [0.5, 0.6) is 5.88 Å². The van der Waals surface area contributed by atoms with Gasteiger partial charge in [0.05, 0.1) is 12.5 Å². The number of aryl methyl sites for hydroxylation is 2. The zero-order valence-electron chi connectivity index (χ0n) is 18.5. The van der Waals surface area contributed by atoms with Crippen LogP contribution in [0.2, 0.25) is 0 Å². The van der Waals surface area contributed by atoms with Gasteiger partial charge in [0.15, 0.2) is 12.4 Å². The quantitative estimate of drug-likeness (QED) is 0.635. The lowest BCUT2D eigenvalue weighted by atomic mass is 9.98. The van der Waals surface area contributed by atoms with Crippen LogP contribution in [-0.2, 0) is 11.2 Å². The second-order valence-corrected chi connectivity index (χ2v) is 8.14. The fraction of sp³-hybridized carbons (Fsp3) is 0.455. The van der Waals surface area contributed by atoms with E-state index in [1.165, 1.54) is 26.1 Å². The summed E-state index contributed by atoms with van der Waals surface area (Å²) in [7, 11) is 0. The predicted molar refractivity (Wildman–Crippen MR) is 110 cm³/mol. The largest absolute Gasteiger partial charge is 0.468 e. The van der Waals surface area contributed by atoms with Gasteiger partial charge in [0.2, 0.25) is 5.88 Å². The molecule has 2 aromatic rings. The van der Waals surface area contributed by atoms with E-state index in [1.807, 2.05) is 0 Å². The first kappa shape index (κ1) is 25.3. The molecule has 0 radical (unpaired) electrons. The van der Waals surface area contributed by atoms with E-state index in [-0.39, 0.29) is 17.9 Å². The number of amides is 1. The summed E-state index contributed by atoms with van der Waals surface area (Å²) in [6, 6.07) is 4.14. The van der Waals surface area contributed by atoms with Gasteiger partial charge >= 0.3 is 6.18 Å². The molecule has 1 unspecified atom stereocenters. The number of Topliss-reactive ketones (excluding diaryl/α,β-unsaturated/α-hetero) is 1. The van der Waals surface area contributed by atoms with Gasteiger partial charge in [-0.05, 0) is 58.4 Å². The molecule has 10 heteroatoms. The number of nitrogens with one attached hydrogen (secondary N) is 1. The van der Waals surface area contributed by atoms with E-state index >= 15 is 0 Å². The molecule has 1 amide bonds. The number of ether oxygens (including phenoxy) is 1. The minimum absolute atomic E-state index is 0.122. The summed E-state index contributed by atoms with van der Waals surface area (Å²) >= 11 is 0. The maximum atomic E-state index is 12.7. The number of ketones is 1. The lowest BCUT2D eigenvalue weighted by molar-refractivity contribution is -0.154. The van der Waals surface area contributed by atoms with E-state index in [0.29, 0.717) is 22.5 Å². The van der Waals surface area contributed by atoms with Crippen molar-refractivity contribution in [3.05, 3.63) is 52.5 Å². The summed E-state index contributed by atoms with van der Waals surface area (Å²) in [5.41, 5.74) is 0.658. The van der Waals surface area contributed by atoms with Gasteiger partial charge in [-0.2, -0.15) is 13.2 Å². The molecule has 2 aromatic heterocycles. The Hall–Kier alpha value is -3.01. The third-order valence-corrected chi connectivity index (χ3v) is 4.56. The molecule has 0 spiro atoms. The van der Waals surface area contributed by atoms with Gasteiger partial charge in [-0.25, -0.2) is 4.98 Å². The zero-order chi connectivity index (χ0) is 24.3.